The second kappa shape index (κ2) is 9.81. The summed E-state index contributed by atoms with van der Waals surface area (Å²) in [5.41, 5.74) is 4.85. The van der Waals surface area contributed by atoms with Crippen LogP contribution in [0.3, 0.4) is 0 Å². The standard InChI is InChI=1S/C25H31N3O.2ClH/c1-18-7-3-4-8-22(18)24-23-17-28(16-20(23)15-26(24)2)25(29)19-9-11-21(12-10-19)27-13-5-6-14-27;;/h3-4,7-12,20,23-24H,5-6,13-17H2,1-2H3;2*1H/t20-,23+,24+;;/m0../s1. The van der Waals surface area contributed by atoms with Gasteiger partial charge in [0.2, 0.25) is 0 Å². The van der Waals surface area contributed by atoms with Gasteiger partial charge in [-0.1, -0.05) is 24.3 Å². The molecule has 4 nitrogen and oxygen atoms in total. The zero-order valence-corrected chi connectivity index (χ0v) is 20.0. The highest BCUT2D eigenvalue weighted by Gasteiger charge is 2.47. The van der Waals surface area contributed by atoms with E-state index in [0.717, 1.165) is 38.3 Å². The van der Waals surface area contributed by atoms with Gasteiger partial charge in [-0.2, -0.15) is 0 Å². The first-order chi connectivity index (χ1) is 14.1. The molecule has 0 spiro atoms. The predicted molar refractivity (Wildman–Crippen MR) is 132 cm³/mol. The van der Waals surface area contributed by atoms with E-state index in [4.69, 9.17) is 0 Å². The van der Waals surface area contributed by atoms with Gasteiger partial charge in [-0.25, -0.2) is 0 Å². The minimum atomic E-state index is 0. The third-order valence-electron chi connectivity index (χ3n) is 7.27. The average Bonchev–Trinajstić information content (AvgIpc) is 3.45. The smallest absolute Gasteiger partial charge is 0.253 e. The summed E-state index contributed by atoms with van der Waals surface area (Å²) in [6.07, 6.45) is 2.54. The summed E-state index contributed by atoms with van der Waals surface area (Å²) >= 11 is 0. The quantitative estimate of drug-likeness (QED) is 0.655. The second-order valence-corrected chi connectivity index (χ2v) is 9.12. The van der Waals surface area contributed by atoms with Gasteiger partial charge in [0.25, 0.3) is 5.91 Å². The first kappa shape index (κ1) is 23.9. The number of hydrogen-bond acceptors (Lipinski definition) is 3. The maximum Gasteiger partial charge on any atom is 0.253 e. The van der Waals surface area contributed by atoms with Gasteiger partial charge >= 0.3 is 0 Å². The maximum absolute atomic E-state index is 13.2. The van der Waals surface area contributed by atoms with Crippen LogP contribution in [0.1, 0.15) is 40.4 Å². The molecule has 3 heterocycles. The molecule has 5 rings (SSSR count). The van der Waals surface area contributed by atoms with Crippen LogP contribution >= 0.6 is 24.8 Å². The van der Waals surface area contributed by atoms with Gasteiger partial charge in [-0.15, -0.1) is 24.8 Å². The van der Waals surface area contributed by atoms with E-state index >= 15 is 0 Å². The van der Waals surface area contributed by atoms with Crippen molar-refractivity contribution in [3.8, 4) is 0 Å². The summed E-state index contributed by atoms with van der Waals surface area (Å²) in [5, 5.41) is 0. The van der Waals surface area contributed by atoms with Gasteiger partial charge in [0, 0.05) is 55.9 Å². The monoisotopic (exact) mass is 461 g/mol. The Kier molecular flexibility index (Phi) is 7.56. The van der Waals surface area contributed by atoms with Crippen LogP contribution in [0.4, 0.5) is 5.69 Å². The van der Waals surface area contributed by atoms with Crippen molar-refractivity contribution in [3.05, 3.63) is 65.2 Å². The molecule has 2 aromatic rings. The molecule has 3 saturated heterocycles. The molecule has 0 bridgehead atoms. The van der Waals surface area contributed by atoms with Crippen LogP contribution in [-0.2, 0) is 0 Å². The number of aryl methyl sites for hydroxylation is 1. The molecule has 6 heteroatoms. The van der Waals surface area contributed by atoms with Crippen molar-refractivity contribution < 1.29 is 4.79 Å². The van der Waals surface area contributed by atoms with Crippen molar-refractivity contribution in [2.45, 2.75) is 25.8 Å². The van der Waals surface area contributed by atoms with E-state index in [2.05, 4.69) is 65.1 Å². The molecule has 0 radical (unpaired) electrons. The van der Waals surface area contributed by atoms with Crippen LogP contribution in [0.25, 0.3) is 0 Å². The van der Waals surface area contributed by atoms with Crippen molar-refractivity contribution in [1.29, 1.82) is 0 Å². The second-order valence-electron chi connectivity index (χ2n) is 9.12. The lowest BCUT2D eigenvalue weighted by molar-refractivity contribution is 0.0768. The molecule has 0 aromatic heterocycles. The summed E-state index contributed by atoms with van der Waals surface area (Å²) in [5.74, 6) is 1.28. The molecule has 0 saturated carbocycles. The van der Waals surface area contributed by atoms with Crippen LogP contribution in [0.15, 0.2) is 48.5 Å². The highest BCUT2D eigenvalue weighted by molar-refractivity contribution is 5.94. The van der Waals surface area contributed by atoms with Gasteiger partial charge in [-0.3, -0.25) is 9.69 Å². The highest BCUT2D eigenvalue weighted by atomic mass is 35.5. The third kappa shape index (κ3) is 4.44. The predicted octanol–water partition coefficient (Wildman–Crippen LogP) is 4.81. The number of hydrogen-bond donors (Lipinski definition) is 0. The van der Waals surface area contributed by atoms with Gasteiger partial charge in [-0.05, 0) is 68.1 Å². The van der Waals surface area contributed by atoms with E-state index in [1.54, 1.807) is 0 Å². The molecular weight excluding hydrogens is 429 g/mol. The van der Waals surface area contributed by atoms with Crippen molar-refractivity contribution in [3.63, 3.8) is 0 Å². The van der Waals surface area contributed by atoms with Crippen molar-refractivity contribution in [2.24, 2.45) is 11.8 Å². The molecule has 0 unspecified atom stereocenters. The van der Waals surface area contributed by atoms with Gasteiger partial charge < -0.3 is 9.80 Å². The molecule has 3 aliphatic heterocycles. The van der Waals surface area contributed by atoms with Crippen LogP contribution in [0, 0.1) is 18.8 Å². The lowest BCUT2D eigenvalue weighted by atomic mass is 9.88. The molecule has 0 N–H and O–H groups in total. The summed E-state index contributed by atoms with van der Waals surface area (Å²) in [4.78, 5) is 20.2. The van der Waals surface area contributed by atoms with Crippen LogP contribution in [0.2, 0.25) is 0 Å². The van der Waals surface area contributed by atoms with Gasteiger partial charge in [0.15, 0.2) is 0 Å². The maximum atomic E-state index is 13.2. The summed E-state index contributed by atoms with van der Waals surface area (Å²) in [6, 6.07) is 17.4. The fourth-order valence-electron chi connectivity index (χ4n) is 5.78. The number of likely N-dealkylation sites (tertiary alicyclic amines) is 2. The number of benzene rings is 2. The third-order valence-corrected chi connectivity index (χ3v) is 7.27. The Balaban J connectivity index is 0.00000136. The normalized spacial score (nSPS) is 25.2. The summed E-state index contributed by atoms with van der Waals surface area (Å²) in [6.45, 7) is 7.29. The molecule has 3 atom stereocenters. The summed E-state index contributed by atoms with van der Waals surface area (Å²) < 4.78 is 0. The average molecular weight is 462 g/mol. The number of amides is 1. The molecular formula is C25H33Cl2N3O. The first-order valence-electron chi connectivity index (χ1n) is 11.0. The molecule has 3 aliphatic rings. The Labute approximate surface area is 198 Å². The van der Waals surface area contributed by atoms with E-state index in [0.29, 0.717) is 17.9 Å². The van der Waals surface area contributed by atoms with Gasteiger partial charge in [0.05, 0.1) is 0 Å². The number of anilines is 1. The number of carbonyl (C=O) groups is 1. The molecule has 31 heavy (non-hydrogen) atoms. The Bertz CT molecular complexity index is 898. The SMILES string of the molecule is Cc1ccccc1[C@@H]1[C@@H]2CN(C(=O)c3ccc(N4CCCC4)cc3)C[C@@H]2CN1C.Cl.Cl. The van der Waals surface area contributed by atoms with Crippen LogP contribution < -0.4 is 4.90 Å². The van der Waals surface area contributed by atoms with E-state index in [1.807, 2.05) is 12.1 Å². The van der Waals surface area contributed by atoms with Crippen molar-refractivity contribution in [2.75, 3.05) is 44.7 Å². The van der Waals surface area contributed by atoms with E-state index < -0.39 is 0 Å². The van der Waals surface area contributed by atoms with Crippen LogP contribution in [-0.4, -0.2) is 55.5 Å². The fourth-order valence-corrected chi connectivity index (χ4v) is 5.78. The van der Waals surface area contributed by atoms with Crippen molar-refractivity contribution in [1.82, 2.24) is 9.80 Å². The Hall–Kier alpha value is -1.75. The van der Waals surface area contributed by atoms with E-state index in [1.165, 1.54) is 29.7 Å². The Morgan fingerprint density at radius 2 is 1.58 bits per heavy atom. The number of fused-ring (bicyclic) bond motifs is 1. The number of rotatable bonds is 3. The number of carbonyl (C=O) groups excluding carboxylic acids is 1. The fraction of sp³-hybridized carbons (Fsp3) is 0.480. The lowest BCUT2D eigenvalue weighted by Gasteiger charge is -2.28. The number of halogens is 2. The molecule has 168 valence electrons. The molecule has 1 amide bonds. The summed E-state index contributed by atoms with van der Waals surface area (Å²) in [7, 11) is 2.23. The zero-order chi connectivity index (χ0) is 20.0. The Morgan fingerprint density at radius 1 is 0.903 bits per heavy atom. The minimum Gasteiger partial charge on any atom is -0.372 e. The molecule has 0 aliphatic carbocycles. The van der Waals surface area contributed by atoms with Gasteiger partial charge in [0.1, 0.15) is 0 Å². The van der Waals surface area contributed by atoms with Crippen LogP contribution in [0.5, 0.6) is 0 Å². The molecule has 2 aromatic carbocycles. The zero-order valence-electron chi connectivity index (χ0n) is 18.4. The molecule has 3 fully saturated rings. The topological polar surface area (TPSA) is 26.8 Å². The Morgan fingerprint density at radius 3 is 2.26 bits per heavy atom. The first-order valence-corrected chi connectivity index (χ1v) is 11.0. The van der Waals surface area contributed by atoms with E-state index in [9.17, 15) is 4.79 Å². The number of nitrogens with zero attached hydrogens (tertiary/aromatic N) is 3. The van der Waals surface area contributed by atoms with Crippen molar-refractivity contribution >= 4 is 36.4 Å². The highest BCUT2D eigenvalue weighted by Crippen LogP contribution is 2.45. The van der Waals surface area contributed by atoms with E-state index in [-0.39, 0.29) is 30.7 Å². The lowest BCUT2D eigenvalue weighted by Crippen LogP contribution is -2.33. The largest absolute Gasteiger partial charge is 0.372 e. The minimum absolute atomic E-state index is 0.